The first-order valence-corrected chi connectivity index (χ1v) is 13.8. The summed E-state index contributed by atoms with van der Waals surface area (Å²) in [5.41, 5.74) is -1.07. The lowest BCUT2D eigenvalue weighted by atomic mass is 10.2. The van der Waals surface area contributed by atoms with Crippen molar-refractivity contribution in [2.24, 2.45) is 0 Å². The summed E-state index contributed by atoms with van der Waals surface area (Å²) in [5, 5.41) is 20.0. The first kappa shape index (κ1) is 26.0. The monoisotopic (exact) mass is 561 g/mol. The van der Waals surface area contributed by atoms with Gasteiger partial charge in [-0.1, -0.05) is 18.2 Å². The highest BCUT2D eigenvalue weighted by Crippen LogP contribution is 2.46. The van der Waals surface area contributed by atoms with Crippen molar-refractivity contribution in [1.82, 2.24) is 8.87 Å². The smallest absolute Gasteiger partial charge is 0.416 e. The second-order valence-electron chi connectivity index (χ2n) is 8.61. The quantitative estimate of drug-likeness (QED) is 0.362. The third-order valence-electron chi connectivity index (χ3n) is 6.34. The van der Waals surface area contributed by atoms with E-state index in [2.05, 4.69) is 0 Å². The molecule has 0 spiro atoms. The van der Waals surface area contributed by atoms with E-state index in [1.165, 1.54) is 10.6 Å². The summed E-state index contributed by atoms with van der Waals surface area (Å²) in [5.74, 6) is -2.17. The highest BCUT2D eigenvalue weighted by Gasteiger charge is 2.41. The van der Waals surface area contributed by atoms with Crippen molar-refractivity contribution in [2.45, 2.75) is 23.1 Å². The molecule has 4 aromatic rings. The van der Waals surface area contributed by atoms with Crippen molar-refractivity contribution < 1.29 is 32.2 Å². The minimum Gasteiger partial charge on any atom is -0.464 e. The summed E-state index contributed by atoms with van der Waals surface area (Å²) in [7, 11) is -4.44. The molecule has 5 rings (SSSR count). The van der Waals surface area contributed by atoms with Crippen molar-refractivity contribution >= 4 is 49.0 Å². The normalized spacial score (nSPS) is 16.2. The lowest BCUT2D eigenvalue weighted by Crippen LogP contribution is -2.38. The van der Waals surface area contributed by atoms with Gasteiger partial charge in [-0.25, -0.2) is 26.9 Å². The molecule has 0 radical (unpaired) electrons. The highest BCUT2D eigenvalue weighted by molar-refractivity contribution is 7.91. The van der Waals surface area contributed by atoms with Crippen LogP contribution in [0.1, 0.15) is 12.8 Å². The number of nitrogens with zero attached hydrogens (tertiary/aromatic N) is 3. The van der Waals surface area contributed by atoms with Gasteiger partial charge in [0.05, 0.1) is 23.7 Å². The van der Waals surface area contributed by atoms with E-state index in [1.807, 2.05) is 0 Å². The number of aliphatic hydroxyl groups excluding tert-OH is 1. The third kappa shape index (κ3) is 4.26. The van der Waals surface area contributed by atoms with Gasteiger partial charge in [0.1, 0.15) is 16.5 Å². The summed E-state index contributed by atoms with van der Waals surface area (Å²) < 4.78 is 58.5. The number of pyridine rings is 1. The molecule has 9 nitrogen and oxygen atoms in total. The Hall–Kier alpha value is -3.65. The number of para-hydroxylation sites is 1. The number of benzene rings is 2. The van der Waals surface area contributed by atoms with Gasteiger partial charge >= 0.3 is 6.09 Å². The Balaban J connectivity index is 1.88. The fourth-order valence-electron chi connectivity index (χ4n) is 4.65. The lowest BCUT2D eigenvalue weighted by Gasteiger charge is -2.25. The molecule has 1 fully saturated rings. The molecule has 0 bridgehead atoms. The van der Waals surface area contributed by atoms with Crippen LogP contribution in [0, 0.1) is 11.6 Å². The zero-order chi connectivity index (χ0) is 27.2. The molecule has 198 valence electrons. The Labute approximate surface area is 219 Å². The first-order chi connectivity index (χ1) is 18.1. The Morgan fingerprint density at radius 1 is 1.11 bits per heavy atom. The van der Waals surface area contributed by atoms with Gasteiger partial charge in [0.15, 0.2) is 4.21 Å². The second-order valence-corrected chi connectivity index (χ2v) is 11.7. The van der Waals surface area contributed by atoms with E-state index in [9.17, 15) is 37.0 Å². The minimum absolute atomic E-state index is 0.0582. The van der Waals surface area contributed by atoms with Crippen molar-refractivity contribution in [3.05, 3.63) is 82.7 Å². The van der Waals surface area contributed by atoms with E-state index in [1.54, 1.807) is 30.3 Å². The van der Waals surface area contributed by atoms with Crippen LogP contribution in [0.25, 0.3) is 15.9 Å². The van der Waals surface area contributed by atoms with Gasteiger partial charge in [-0.15, -0.1) is 11.3 Å². The number of amides is 1. The highest BCUT2D eigenvalue weighted by atomic mass is 32.2. The maximum Gasteiger partial charge on any atom is 0.416 e. The first-order valence-electron chi connectivity index (χ1n) is 11.5. The SMILES string of the molecule is O=C(O)N(c1ccc(F)cc1F)c1c(S(=O)(=O)N2CCC[C@@H]2CO)sc2c1ccc(=O)n2-c1ccccc1. The van der Waals surface area contributed by atoms with Gasteiger partial charge in [-0.3, -0.25) is 9.36 Å². The molecule has 1 atom stereocenters. The number of sulfonamides is 1. The van der Waals surface area contributed by atoms with Crippen molar-refractivity contribution in [1.29, 1.82) is 0 Å². The zero-order valence-corrected chi connectivity index (χ0v) is 21.3. The summed E-state index contributed by atoms with van der Waals surface area (Å²) in [6.07, 6.45) is -0.835. The average molecular weight is 562 g/mol. The largest absolute Gasteiger partial charge is 0.464 e. The number of hydrogen-bond donors (Lipinski definition) is 2. The van der Waals surface area contributed by atoms with E-state index in [-0.39, 0.29) is 16.8 Å². The van der Waals surface area contributed by atoms with Crippen LogP contribution in [0.2, 0.25) is 0 Å². The number of carboxylic acid groups (broad SMARTS) is 1. The minimum atomic E-state index is -4.44. The van der Waals surface area contributed by atoms with Gasteiger partial charge in [-0.2, -0.15) is 4.31 Å². The maximum absolute atomic E-state index is 14.9. The summed E-state index contributed by atoms with van der Waals surface area (Å²) >= 11 is 0.665. The molecule has 1 saturated heterocycles. The molecular weight excluding hydrogens is 540 g/mol. The van der Waals surface area contributed by atoms with Crippen LogP contribution in [-0.2, 0) is 10.0 Å². The number of thiophene rings is 1. The van der Waals surface area contributed by atoms with Gasteiger partial charge in [0.2, 0.25) is 0 Å². The van der Waals surface area contributed by atoms with Crippen molar-refractivity contribution in [3.8, 4) is 5.69 Å². The molecule has 1 aliphatic rings. The third-order valence-corrected chi connectivity index (χ3v) is 9.96. The molecule has 1 aliphatic heterocycles. The standard InChI is InChI=1S/C25H21F2N3O6S2/c26-15-8-10-20(19(27)13-15)30(25(33)34)22-18-9-11-21(32)29(16-5-2-1-3-6-16)23(18)37-24(22)38(35,36)28-12-4-7-17(28)14-31/h1-3,5-6,8-11,13,17,31H,4,7,12,14H2,(H,33,34)/t17-/m1/s1. The van der Waals surface area contributed by atoms with Crippen LogP contribution >= 0.6 is 11.3 Å². The fraction of sp³-hybridized carbons (Fsp3) is 0.200. The molecule has 38 heavy (non-hydrogen) atoms. The van der Waals surface area contributed by atoms with Crippen LogP contribution in [0.15, 0.2) is 69.7 Å². The molecule has 2 N–H and O–H groups in total. The zero-order valence-electron chi connectivity index (χ0n) is 19.6. The Morgan fingerprint density at radius 2 is 1.84 bits per heavy atom. The summed E-state index contributed by atoms with van der Waals surface area (Å²) in [4.78, 5) is 26.1. The number of anilines is 2. The van der Waals surface area contributed by atoms with E-state index in [0.717, 1.165) is 22.5 Å². The number of carbonyl (C=O) groups is 1. The summed E-state index contributed by atoms with van der Waals surface area (Å²) in [6.45, 7) is -0.353. The predicted octanol–water partition coefficient (Wildman–Crippen LogP) is 4.29. The topological polar surface area (TPSA) is 120 Å². The number of halogens is 2. The summed E-state index contributed by atoms with van der Waals surface area (Å²) in [6, 6.07) is 12.3. The van der Waals surface area contributed by atoms with Crippen LogP contribution in [-0.4, -0.2) is 52.8 Å². The lowest BCUT2D eigenvalue weighted by molar-refractivity contribution is 0.204. The van der Waals surface area contributed by atoms with Gasteiger partial charge in [0.25, 0.3) is 15.6 Å². The Bertz CT molecular complexity index is 1710. The number of aliphatic hydroxyl groups is 1. The molecule has 3 heterocycles. The molecular formula is C25H21F2N3O6S2. The van der Waals surface area contributed by atoms with E-state index < -0.39 is 61.5 Å². The molecule has 0 unspecified atom stereocenters. The van der Waals surface area contributed by atoms with E-state index >= 15 is 0 Å². The number of fused-ring (bicyclic) bond motifs is 1. The average Bonchev–Trinajstić information content (AvgIpc) is 3.52. The molecule has 2 aromatic carbocycles. The Morgan fingerprint density at radius 3 is 2.50 bits per heavy atom. The fourth-order valence-corrected chi connectivity index (χ4v) is 8.23. The molecule has 0 saturated carbocycles. The maximum atomic E-state index is 14.9. The number of rotatable bonds is 6. The molecule has 2 aromatic heterocycles. The Kier molecular flexibility index (Phi) is 6.77. The van der Waals surface area contributed by atoms with Crippen LogP contribution in [0.4, 0.5) is 25.0 Å². The second kappa shape index (κ2) is 9.91. The number of aromatic nitrogens is 1. The van der Waals surface area contributed by atoms with Gasteiger partial charge in [0, 0.05) is 30.1 Å². The molecule has 1 amide bonds. The van der Waals surface area contributed by atoms with Gasteiger partial charge < -0.3 is 10.2 Å². The van der Waals surface area contributed by atoms with E-state index in [0.29, 0.717) is 40.8 Å². The number of hydrogen-bond acceptors (Lipinski definition) is 6. The predicted molar refractivity (Wildman–Crippen MR) is 138 cm³/mol. The van der Waals surface area contributed by atoms with Crippen LogP contribution in [0.5, 0.6) is 0 Å². The van der Waals surface area contributed by atoms with Crippen LogP contribution < -0.4 is 10.5 Å². The van der Waals surface area contributed by atoms with Crippen molar-refractivity contribution in [3.63, 3.8) is 0 Å². The molecule has 0 aliphatic carbocycles. The van der Waals surface area contributed by atoms with Gasteiger partial charge in [-0.05, 0) is 43.2 Å². The van der Waals surface area contributed by atoms with E-state index in [4.69, 9.17) is 0 Å². The van der Waals surface area contributed by atoms with Crippen molar-refractivity contribution in [2.75, 3.05) is 18.1 Å². The molecule has 13 heteroatoms. The van der Waals surface area contributed by atoms with Crippen LogP contribution in [0.3, 0.4) is 0 Å².